The molecule has 2 heterocycles. The molecule has 0 aromatic carbocycles. The molecule has 0 saturated carbocycles. The lowest BCUT2D eigenvalue weighted by Crippen LogP contribution is -2.19. The van der Waals surface area contributed by atoms with Crippen molar-refractivity contribution < 1.29 is 0 Å². The van der Waals surface area contributed by atoms with E-state index in [9.17, 15) is 0 Å². The number of nitrogen functional groups attached to an aromatic ring is 1. The van der Waals surface area contributed by atoms with Gasteiger partial charge in [-0.05, 0) is 19.9 Å². The van der Waals surface area contributed by atoms with E-state index in [-0.39, 0.29) is 5.41 Å². The molecular formula is C15H22N6. The molecule has 0 aliphatic carbocycles. The van der Waals surface area contributed by atoms with Gasteiger partial charge in [0.15, 0.2) is 0 Å². The predicted molar refractivity (Wildman–Crippen MR) is 84.0 cm³/mol. The van der Waals surface area contributed by atoms with Crippen LogP contribution in [0.15, 0.2) is 12.3 Å². The van der Waals surface area contributed by atoms with Crippen LogP contribution in [0.5, 0.6) is 0 Å². The molecule has 112 valence electrons. The summed E-state index contributed by atoms with van der Waals surface area (Å²) < 4.78 is 0. The Bertz CT molecular complexity index is 645. The first-order chi connectivity index (χ1) is 9.77. The monoisotopic (exact) mass is 286 g/mol. The number of rotatable bonds is 3. The summed E-state index contributed by atoms with van der Waals surface area (Å²) in [6, 6.07) is 1.88. The molecule has 0 radical (unpaired) electrons. The SMILES string of the molecule is Cc1nccc(CNc2nc(C(C)(C)C)nc(N)c2C)n1. The minimum Gasteiger partial charge on any atom is -0.383 e. The largest absolute Gasteiger partial charge is 0.383 e. The number of anilines is 2. The number of nitrogens with one attached hydrogen (secondary N) is 1. The van der Waals surface area contributed by atoms with Crippen molar-refractivity contribution >= 4 is 11.6 Å². The maximum Gasteiger partial charge on any atom is 0.138 e. The average Bonchev–Trinajstić information content (AvgIpc) is 2.39. The Morgan fingerprint density at radius 1 is 1.14 bits per heavy atom. The topological polar surface area (TPSA) is 89.6 Å². The standard InChI is InChI=1S/C15H22N6/c1-9-12(16)20-14(15(3,4)5)21-13(9)18-8-11-6-7-17-10(2)19-11/h6-7H,8H2,1-5H3,(H3,16,18,20,21). The molecule has 0 atom stereocenters. The van der Waals surface area contributed by atoms with Crippen LogP contribution in [0, 0.1) is 13.8 Å². The van der Waals surface area contributed by atoms with Crippen molar-refractivity contribution in [3.05, 3.63) is 35.2 Å². The predicted octanol–water partition coefficient (Wildman–Crippen LogP) is 2.38. The third-order valence-corrected chi connectivity index (χ3v) is 3.12. The fourth-order valence-corrected chi connectivity index (χ4v) is 1.82. The van der Waals surface area contributed by atoms with Gasteiger partial charge in [-0.3, -0.25) is 0 Å². The molecule has 6 heteroatoms. The Morgan fingerprint density at radius 2 is 1.86 bits per heavy atom. The maximum absolute atomic E-state index is 5.99. The highest BCUT2D eigenvalue weighted by Crippen LogP contribution is 2.24. The summed E-state index contributed by atoms with van der Waals surface area (Å²) in [4.78, 5) is 17.4. The molecule has 0 aliphatic rings. The van der Waals surface area contributed by atoms with Gasteiger partial charge >= 0.3 is 0 Å². The van der Waals surface area contributed by atoms with E-state index in [2.05, 4.69) is 46.0 Å². The summed E-state index contributed by atoms with van der Waals surface area (Å²) in [7, 11) is 0. The lowest BCUT2D eigenvalue weighted by Gasteiger charge is -2.19. The van der Waals surface area contributed by atoms with Crippen molar-refractivity contribution in [3.63, 3.8) is 0 Å². The fraction of sp³-hybridized carbons (Fsp3) is 0.467. The molecule has 0 unspecified atom stereocenters. The second-order valence-corrected chi connectivity index (χ2v) is 6.10. The molecule has 0 fully saturated rings. The van der Waals surface area contributed by atoms with Crippen LogP contribution in [0.1, 0.15) is 43.7 Å². The van der Waals surface area contributed by atoms with Crippen LogP contribution in [0.25, 0.3) is 0 Å². The summed E-state index contributed by atoms with van der Waals surface area (Å²) in [6.45, 7) is 10.5. The number of nitrogens with zero attached hydrogens (tertiary/aromatic N) is 4. The van der Waals surface area contributed by atoms with Gasteiger partial charge < -0.3 is 11.1 Å². The van der Waals surface area contributed by atoms with E-state index in [4.69, 9.17) is 5.73 Å². The van der Waals surface area contributed by atoms with Gasteiger partial charge in [-0.2, -0.15) is 0 Å². The Morgan fingerprint density at radius 3 is 2.48 bits per heavy atom. The van der Waals surface area contributed by atoms with Crippen molar-refractivity contribution in [2.24, 2.45) is 0 Å². The van der Waals surface area contributed by atoms with Crippen molar-refractivity contribution in [1.29, 1.82) is 0 Å². The van der Waals surface area contributed by atoms with Gasteiger partial charge in [0.1, 0.15) is 23.3 Å². The van der Waals surface area contributed by atoms with Gasteiger partial charge in [0.25, 0.3) is 0 Å². The normalized spacial score (nSPS) is 11.5. The first-order valence-corrected chi connectivity index (χ1v) is 6.94. The molecule has 2 aromatic heterocycles. The van der Waals surface area contributed by atoms with Gasteiger partial charge in [-0.1, -0.05) is 20.8 Å². The van der Waals surface area contributed by atoms with E-state index in [0.29, 0.717) is 12.4 Å². The van der Waals surface area contributed by atoms with Crippen LogP contribution in [0.2, 0.25) is 0 Å². The number of nitrogens with two attached hydrogens (primary N) is 1. The first kappa shape index (κ1) is 15.2. The Labute approximate surface area is 125 Å². The van der Waals surface area contributed by atoms with E-state index < -0.39 is 0 Å². The highest BCUT2D eigenvalue weighted by atomic mass is 15.1. The molecule has 0 bridgehead atoms. The minimum atomic E-state index is -0.149. The number of aryl methyl sites for hydroxylation is 1. The lowest BCUT2D eigenvalue weighted by atomic mass is 9.95. The molecule has 2 rings (SSSR count). The molecule has 3 N–H and O–H groups in total. The first-order valence-electron chi connectivity index (χ1n) is 6.94. The zero-order valence-corrected chi connectivity index (χ0v) is 13.2. The van der Waals surface area contributed by atoms with E-state index in [1.165, 1.54) is 0 Å². The zero-order valence-electron chi connectivity index (χ0n) is 13.2. The van der Waals surface area contributed by atoms with Gasteiger partial charge in [0.2, 0.25) is 0 Å². The van der Waals surface area contributed by atoms with Crippen LogP contribution in [0.3, 0.4) is 0 Å². The molecule has 2 aromatic rings. The van der Waals surface area contributed by atoms with Crippen LogP contribution < -0.4 is 11.1 Å². The smallest absolute Gasteiger partial charge is 0.138 e. The van der Waals surface area contributed by atoms with E-state index in [1.807, 2.05) is 19.9 Å². The van der Waals surface area contributed by atoms with Crippen LogP contribution in [0.4, 0.5) is 11.6 Å². The summed E-state index contributed by atoms with van der Waals surface area (Å²) in [5.74, 6) is 2.75. The van der Waals surface area contributed by atoms with E-state index in [1.54, 1.807) is 6.20 Å². The average molecular weight is 286 g/mol. The highest BCUT2D eigenvalue weighted by molar-refractivity contribution is 5.55. The second kappa shape index (κ2) is 5.63. The van der Waals surface area contributed by atoms with Crippen LogP contribution >= 0.6 is 0 Å². The van der Waals surface area contributed by atoms with Gasteiger partial charge in [0, 0.05) is 17.2 Å². The van der Waals surface area contributed by atoms with Gasteiger partial charge in [-0.25, -0.2) is 19.9 Å². The third kappa shape index (κ3) is 3.65. The van der Waals surface area contributed by atoms with Crippen molar-refractivity contribution in [3.8, 4) is 0 Å². The van der Waals surface area contributed by atoms with E-state index >= 15 is 0 Å². The molecule has 0 amide bonds. The van der Waals surface area contributed by atoms with Crippen molar-refractivity contribution in [1.82, 2.24) is 19.9 Å². The minimum absolute atomic E-state index is 0.149. The summed E-state index contributed by atoms with van der Waals surface area (Å²) in [5.41, 5.74) is 7.61. The summed E-state index contributed by atoms with van der Waals surface area (Å²) in [6.07, 6.45) is 1.75. The molecular weight excluding hydrogens is 264 g/mol. The van der Waals surface area contributed by atoms with Crippen molar-refractivity contribution in [2.45, 2.75) is 46.6 Å². The van der Waals surface area contributed by atoms with Crippen LogP contribution in [-0.4, -0.2) is 19.9 Å². The maximum atomic E-state index is 5.99. The Balaban J connectivity index is 2.25. The Kier molecular flexibility index (Phi) is 4.06. The number of hydrogen-bond acceptors (Lipinski definition) is 6. The summed E-state index contributed by atoms with van der Waals surface area (Å²) >= 11 is 0. The molecule has 6 nitrogen and oxygen atoms in total. The van der Waals surface area contributed by atoms with Gasteiger partial charge in [0.05, 0.1) is 12.2 Å². The molecule has 0 aliphatic heterocycles. The van der Waals surface area contributed by atoms with E-state index in [0.717, 1.165) is 28.7 Å². The summed E-state index contributed by atoms with van der Waals surface area (Å²) in [5, 5.41) is 3.29. The number of aromatic nitrogens is 4. The molecule has 0 spiro atoms. The molecule has 21 heavy (non-hydrogen) atoms. The van der Waals surface area contributed by atoms with Gasteiger partial charge in [-0.15, -0.1) is 0 Å². The number of hydrogen-bond donors (Lipinski definition) is 2. The quantitative estimate of drug-likeness (QED) is 0.900. The second-order valence-electron chi connectivity index (χ2n) is 6.10. The zero-order chi connectivity index (χ0) is 15.6. The third-order valence-electron chi connectivity index (χ3n) is 3.12. The molecule has 0 saturated heterocycles. The highest BCUT2D eigenvalue weighted by Gasteiger charge is 2.20. The van der Waals surface area contributed by atoms with Crippen LogP contribution in [-0.2, 0) is 12.0 Å². The fourth-order valence-electron chi connectivity index (χ4n) is 1.82. The Hall–Kier alpha value is -2.24. The van der Waals surface area contributed by atoms with Crippen molar-refractivity contribution in [2.75, 3.05) is 11.1 Å². The lowest BCUT2D eigenvalue weighted by molar-refractivity contribution is 0.546.